The van der Waals surface area contributed by atoms with Crippen molar-refractivity contribution < 1.29 is 4.74 Å². The Morgan fingerprint density at radius 3 is 2.67 bits per heavy atom. The second-order valence-electron chi connectivity index (χ2n) is 6.78. The third-order valence-corrected chi connectivity index (χ3v) is 5.61. The molecule has 0 spiro atoms. The summed E-state index contributed by atoms with van der Waals surface area (Å²) in [6.07, 6.45) is 3.08. The highest BCUT2D eigenvalue weighted by Crippen LogP contribution is 2.39. The SMILES string of the molecule is COc1ccc(Br)cc1-c1[nH]c2c(ccc3ccccc32)c1CCCCN. The van der Waals surface area contributed by atoms with Gasteiger partial charge in [0.25, 0.3) is 0 Å². The smallest absolute Gasteiger partial charge is 0.128 e. The van der Waals surface area contributed by atoms with Crippen molar-refractivity contribution in [1.82, 2.24) is 4.98 Å². The number of hydrogen-bond acceptors (Lipinski definition) is 2. The first-order chi connectivity index (χ1) is 13.2. The summed E-state index contributed by atoms with van der Waals surface area (Å²) < 4.78 is 6.69. The van der Waals surface area contributed by atoms with E-state index >= 15 is 0 Å². The highest BCUT2D eigenvalue weighted by Gasteiger charge is 2.18. The lowest BCUT2D eigenvalue weighted by atomic mass is 9.98. The predicted molar refractivity (Wildman–Crippen MR) is 117 cm³/mol. The van der Waals surface area contributed by atoms with E-state index < -0.39 is 0 Å². The van der Waals surface area contributed by atoms with Crippen molar-refractivity contribution in [3.63, 3.8) is 0 Å². The first-order valence-electron chi connectivity index (χ1n) is 9.29. The zero-order valence-corrected chi connectivity index (χ0v) is 17.0. The fourth-order valence-corrected chi connectivity index (χ4v) is 4.17. The van der Waals surface area contributed by atoms with Gasteiger partial charge in [-0.15, -0.1) is 0 Å². The summed E-state index contributed by atoms with van der Waals surface area (Å²) >= 11 is 3.61. The van der Waals surface area contributed by atoms with Crippen LogP contribution in [0.2, 0.25) is 0 Å². The molecule has 0 amide bonds. The monoisotopic (exact) mass is 422 g/mol. The molecule has 1 aromatic heterocycles. The van der Waals surface area contributed by atoms with Crippen molar-refractivity contribution in [2.45, 2.75) is 19.3 Å². The molecule has 0 aliphatic rings. The van der Waals surface area contributed by atoms with Gasteiger partial charge < -0.3 is 15.5 Å². The Morgan fingerprint density at radius 2 is 1.85 bits per heavy atom. The van der Waals surface area contributed by atoms with E-state index in [-0.39, 0.29) is 0 Å². The van der Waals surface area contributed by atoms with Crippen LogP contribution in [0.4, 0.5) is 0 Å². The molecule has 0 atom stereocenters. The van der Waals surface area contributed by atoms with Gasteiger partial charge in [0.05, 0.1) is 18.3 Å². The molecule has 0 radical (unpaired) electrons. The van der Waals surface area contributed by atoms with Crippen molar-refractivity contribution in [3.8, 4) is 17.0 Å². The van der Waals surface area contributed by atoms with Crippen molar-refractivity contribution >= 4 is 37.6 Å². The van der Waals surface area contributed by atoms with Crippen molar-refractivity contribution in [1.29, 1.82) is 0 Å². The van der Waals surface area contributed by atoms with E-state index in [1.807, 2.05) is 12.1 Å². The van der Waals surface area contributed by atoms with Crippen LogP contribution in [0.1, 0.15) is 18.4 Å². The fraction of sp³-hybridized carbons (Fsp3) is 0.217. The fourth-order valence-electron chi connectivity index (χ4n) is 3.80. The third kappa shape index (κ3) is 3.35. The highest BCUT2D eigenvalue weighted by molar-refractivity contribution is 9.10. The summed E-state index contributed by atoms with van der Waals surface area (Å²) in [5.41, 5.74) is 10.5. The number of rotatable bonds is 6. The molecule has 4 rings (SSSR count). The maximum atomic E-state index is 5.74. The lowest BCUT2D eigenvalue weighted by molar-refractivity contribution is 0.416. The molecule has 3 nitrogen and oxygen atoms in total. The lowest BCUT2D eigenvalue weighted by Gasteiger charge is -2.10. The lowest BCUT2D eigenvalue weighted by Crippen LogP contribution is -1.99. The number of aromatic amines is 1. The first-order valence-corrected chi connectivity index (χ1v) is 10.1. The summed E-state index contributed by atoms with van der Waals surface area (Å²) in [7, 11) is 1.72. The van der Waals surface area contributed by atoms with Gasteiger partial charge in [-0.1, -0.05) is 52.3 Å². The minimum absolute atomic E-state index is 0.723. The summed E-state index contributed by atoms with van der Waals surface area (Å²) in [4.78, 5) is 3.72. The third-order valence-electron chi connectivity index (χ3n) is 5.12. The average molecular weight is 423 g/mol. The van der Waals surface area contributed by atoms with Crippen LogP contribution < -0.4 is 10.5 Å². The normalized spacial score (nSPS) is 11.4. The highest BCUT2D eigenvalue weighted by atomic mass is 79.9. The maximum absolute atomic E-state index is 5.74. The number of fused-ring (bicyclic) bond motifs is 3. The Bertz CT molecular complexity index is 1100. The van der Waals surface area contributed by atoms with Gasteiger partial charge in [0.15, 0.2) is 0 Å². The van der Waals surface area contributed by atoms with E-state index in [9.17, 15) is 0 Å². The molecule has 27 heavy (non-hydrogen) atoms. The summed E-state index contributed by atoms with van der Waals surface area (Å²) in [5, 5.41) is 3.77. The average Bonchev–Trinajstić information content (AvgIpc) is 3.07. The van der Waals surface area contributed by atoms with Gasteiger partial charge in [0, 0.05) is 20.8 Å². The second kappa shape index (κ2) is 7.75. The number of benzene rings is 3. The Labute approximate surface area is 167 Å². The minimum Gasteiger partial charge on any atom is -0.496 e. The van der Waals surface area contributed by atoms with Gasteiger partial charge in [-0.2, -0.15) is 0 Å². The standard InChI is InChI=1S/C23H23BrN2O/c1-27-21-12-10-16(24)14-20(21)23-18(8-4-5-13-25)19-11-9-15-6-2-3-7-17(15)22(19)26-23/h2-3,6-7,9-12,14,26H,4-5,8,13,25H2,1H3. The van der Waals surface area contributed by atoms with Crippen LogP contribution in [0.3, 0.4) is 0 Å². The molecule has 4 heteroatoms. The maximum Gasteiger partial charge on any atom is 0.128 e. The number of nitrogens with two attached hydrogens (primary N) is 1. The van der Waals surface area contributed by atoms with E-state index in [0.717, 1.165) is 47.3 Å². The molecule has 138 valence electrons. The topological polar surface area (TPSA) is 51.0 Å². The van der Waals surface area contributed by atoms with Gasteiger partial charge in [-0.3, -0.25) is 0 Å². The molecule has 0 fully saturated rings. The van der Waals surface area contributed by atoms with E-state index in [1.165, 1.54) is 27.2 Å². The van der Waals surface area contributed by atoms with E-state index in [1.54, 1.807) is 7.11 Å². The van der Waals surface area contributed by atoms with Gasteiger partial charge in [0.2, 0.25) is 0 Å². The minimum atomic E-state index is 0.723. The van der Waals surface area contributed by atoms with Gasteiger partial charge in [-0.25, -0.2) is 0 Å². The predicted octanol–water partition coefficient (Wildman–Crippen LogP) is 6.04. The molecule has 0 unspecified atom stereocenters. The molecule has 0 aliphatic carbocycles. The molecule has 0 bridgehead atoms. The molecule has 0 saturated carbocycles. The Balaban J connectivity index is 1.99. The number of H-pyrrole nitrogens is 1. The summed E-state index contributed by atoms with van der Waals surface area (Å²) in [6, 6.07) is 19.1. The van der Waals surface area contributed by atoms with Gasteiger partial charge in [0.1, 0.15) is 5.75 Å². The van der Waals surface area contributed by atoms with E-state index in [0.29, 0.717) is 0 Å². The molecule has 4 aromatic rings. The number of hydrogen-bond donors (Lipinski definition) is 2. The van der Waals surface area contributed by atoms with Gasteiger partial charge in [-0.05, 0) is 55.0 Å². The molecule has 0 aliphatic heterocycles. The molecule has 1 heterocycles. The summed E-state index contributed by atoms with van der Waals surface area (Å²) in [6.45, 7) is 0.723. The number of aryl methyl sites for hydroxylation is 1. The second-order valence-corrected chi connectivity index (χ2v) is 7.69. The molecule has 0 saturated heterocycles. The van der Waals surface area contributed by atoms with Crippen LogP contribution in [-0.4, -0.2) is 18.6 Å². The van der Waals surface area contributed by atoms with Crippen molar-refractivity contribution in [2.24, 2.45) is 5.73 Å². The molecule has 3 N–H and O–H groups in total. The van der Waals surface area contributed by atoms with Crippen LogP contribution in [-0.2, 0) is 6.42 Å². The summed E-state index contributed by atoms with van der Waals surface area (Å²) in [5.74, 6) is 0.870. The molecular formula is C23H23BrN2O. The Kier molecular flexibility index (Phi) is 5.19. The number of halogens is 1. The largest absolute Gasteiger partial charge is 0.496 e. The van der Waals surface area contributed by atoms with E-state index in [4.69, 9.17) is 10.5 Å². The van der Waals surface area contributed by atoms with E-state index in [2.05, 4.69) is 63.4 Å². The first kappa shape index (κ1) is 18.1. The van der Waals surface area contributed by atoms with Gasteiger partial charge >= 0.3 is 0 Å². The van der Waals surface area contributed by atoms with Crippen molar-refractivity contribution in [2.75, 3.05) is 13.7 Å². The molecule has 3 aromatic carbocycles. The number of unbranched alkanes of at least 4 members (excludes halogenated alkanes) is 1. The number of ether oxygens (including phenoxy) is 1. The zero-order chi connectivity index (χ0) is 18.8. The van der Waals surface area contributed by atoms with Crippen LogP contribution in [0.25, 0.3) is 32.9 Å². The van der Waals surface area contributed by atoms with Crippen molar-refractivity contribution in [3.05, 3.63) is 64.6 Å². The van der Waals surface area contributed by atoms with Crippen LogP contribution >= 0.6 is 15.9 Å². The molecular weight excluding hydrogens is 400 g/mol. The van der Waals surface area contributed by atoms with Crippen LogP contribution in [0.15, 0.2) is 59.1 Å². The quantitative estimate of drug-likeness (QED) is 0.372. The Hall–Kier alpha value is -2.30. The van der Waals surface area contributed by atoms with Crippen LogP contribution in [0, 0.1) is 0 Å². The number of aromatic nitrogens is 1. The Morgan fingerprint density at radius 1 is 1.00 bits per heavy atom. The number of nitrogens with one attached hydrogen (secondary N) is 1. The number of methoxy groups -OCH3 is 1. The zero-order valence-electron chi connectivity index (χ0n) is 15.4. The van der Waals surface area contributed by atoms with Crippen LogP contribution in [0.5, 0.6) is 5.75 Å².